The van der Waals surface area contributed by atoms with Gasteiger partial charge in [-0.1, -0.05) is 0 Å². The van der Waals surface area contributed by atoms with E-state index >= 15 is 0 Å². The Labute approximate surface area is 294 Å². The molecule has 0 bridgehead atoms. The van der Waals surface area contributed by atoms with Crippen molar-refractivity contribution in [3.8, 4) is 23.0 Å². The molecule has 0 radical (unpaired) electrons. The number of aliphatic hydroxyl groups is 2. The van der Waals surface area contributed by atoms with Crippen LogP contribution in [0.25, 0.3) is 0 Å². The molecule has 0 saturated carbocycles. The fourth-order valence-electron chi connectivity index (χ4n) is 2.66. The second-order valence-corrected chi connectivity index (χ2v) is 12.5. The first kappa shape index (κ1) is 46.3. The van der Waals surface area contributed by atoms with E-state index in [2.05, 4.69) is 10.6 Å². The maximum absolute atomic E-state index is 9.85. The van der Waals surface area contributed by atoms with Gasteiger partial charge in [-0.15, -0.1) is 0 Å². The standard InChI is InChI=1S/2C12H19NO3.K.2H2O4S/c2*1-12(2,3)13-7-11(16)8-4-9(14)6-10(15)5-8;;2*1-5(2,3)4/h2*4-6,11,13-16H,7H2,1-3H3;;2*(H2,1,2,3,4)/q;;+1;;/p-1. The molecule has 0 spiro atoms. The summed E-state index contributed by atoms with van der Waals surface area (Å²) in [5, 5.41) is 63.1. The van der Waals surface area contributed by atoms with E-state index in [0.717, 1.165) is 0 Å². The second kappa shape index (κ2) is 20.1. The van der Waals surface area contributed by atoms with Crippen LogP contribution in [0.15, 0.2) is 36.4 Å². The summed E-state index contributed by atoms with van der Waals surface area (Å²) in [6, 6.07) is 8.22. The van der Waals surface area contributed by atoms with Crippen molar-refractivity contribution in [1.29, 1.82) is 0 Å². The third-order valence-electron chi connectivity index (χ3n) is 4.27. The molecule has 2 aromatic carbocycles. The van der Waals surface area contributed by atoms with Gasteiger partial charge in [0.2, 0.25) is 10.4 Å². The van der Waals surface area contributed by atoms with Crippen molar-refractivity contribution in [2.75, 3.05) is 13.1 Å². The van der Waals surface area contributed by atoms with Gasteiger partial charge in [0.1, 0.15) is 23.0 Å². The normalized spacial score (nSPS) is 12.9. The van der Waals surface area contributed by atoms with Crippen LogP contribution < -0.4 is 62.0 Å². The van der Waals surface area contributed by atoms with Crippen LogP contribution in [-0.2, 0) is 20.8 Å². The summed E-state index contributed by atoms with van der Waals surface area (Å²) in [5.41, 5.74) is 0.822. The largest absolute Gasteiger partial charge is 1.00 e. The fraction of sp³-hybridized carbons (Fsp3) is 0.500. The van der Waals surface area contributed by atoms with Crippen LogP contribution in [-0.4, -0.2) is 89.9 Å². The van der Waals surface area contributed by atoms with E-state index < -0.39 is 33.0 Å². The molecule has 244 valence electrons. The summed E-state index contributed by atoms with van der Waals surface area (Å²) >= 11 is 0. The number of phenolic OH excluding ortho intramolecular Hbond substituents is 4. The van der Waals surface area contributed by atoms with E-state index in [1.54, 1.807) is 0 Å². The van der Waals surface area contributed by atoms with E-state index in [1.807, 2.05) is 41.5 Å². The second-order valence-electron chi connectivity index (χ2n) is 10.7. The molecule has 2 rings (SSSR count). The number of aliphatic hydroxyl groups excluding tert-OH is 2. The summed E-state index contributed by atoms with van der Waals surface area (Å²) in [6.45, 7) is 12.7. The molecule has 0 aromatic heterocycles. The van der Waals surface area contributed by atoms with Crippen LogP contribution in [0, 0.1) is 0 Å². The monoisotopic (exact) mass is 684 g/mol. The van der Waals surface area contributed by atoms with Crippen LogP contribution in [0.2, 0.25) is 0 Å². The minimum atomic E-state index is -4.92. The molecule has 19 heteroatoms. The average molecular weight is 685 g/mol. The van der Waals surface area contributed by atoms with Crippen molar-refractivity contribution < 1.29 is 117 Å². The van der Waals surface area contributed by atoms with Crippen molar-refractivity contribution in [2.24, 2.45) is 0 Å². The third kappa shape index (κ3) is 33.6. The van der Waals surface area contributed by atoms with E-state index in [4.69, 9.17) is 35.0 Å². The minimum absolute atomic E-state index is 0. The molecule has 0 heterocycles. The molecule has 2 unspecified atom stereocenters. The Hall–Kier alpha value is -1.14. The van der Waals surface area contributed by atoms with Gasteiger partial charge in [-0.3, -0.25) is 13.7 Å². The zero-order valence-electron chi connectivity index (χ0n) is 24.9. The Morgan fingerprint density at radius 1 is 0.628 bits per heavy atom. The molecule has 0 aliphatic heterocycles. The summed E-state index contributed by atoms with van der Waals surface area (Å²) in [5.74, 6) is -0.204. The van der Waals surface area contributed by atoms with Gasteiger partial charge in [-0.25, -0.2) is 8.42 Å². The maximum atomic E-state index is 9.85. The third-order valence-corrected chi connectivity index (χ3v) is 4.27. The van der Waals surface area contributed by atoms with Crippen molar-refractivity contribution in [2.45, 2.75) is 64.8 Å². The van der Waals surface area contributed by atoms with Gasteiger partial charge in [0.15, 0.2) is 0 Å². The number of rotatable bonds is 6. The molecule has 0 aliphatic carbocycles. The van der Waals surface area contributed by atoms with E-state index in [9.17, 15) is 30.6 Å². The smallest absolute Gasteiger partial charge is 0.726 e. The topological polar surface area (TPSA) is 297 Å². The predicted octanol–water partition coefficient (Wildman–Crippen LogP) is -1.61. The molecular formula is C24H41KN2O14S2. The summed E-state index contributed by atoms with van der Waals surface area (Å²) in [6.07, 6.45) is -1.51. The van der Waals surface area contributed by atoms with Crippen LogP contribution in [0.3, 0.4) is 0 Å². The van der Waals surface area contributed by atoms with E-state index in [-0.39, 0.29) is 85.5 Å². The maximum Gasteiger partial charge on any atom is 1.00 e. The molecular weight excluding hydrogens is 643 g/mol. The van der Waals surface area contributed by atoms with Gasteiger partial charge in [-0.2, -0.15) is 8.42 Å². The van der Waals surface area contributed by atoms with Gasteiger partial charge in [-0.05, 0) is 76.9 Å². The first-order chi connectivity index (χ1) is 18.6. The van der Waals surface area contributed by atoms with Gasteiger partial charge in [0.25, 0.3) is 0 Å². The quantitative estimate of drug-likeness (QED) is 0.0927. The van der Waals surface area contributed by atoms with Crippen molar-refractivity contribution in [3.05, 3.63) is 47.5 Å². The van der Waals surface area contributed by atoms with E-state index in [1.165, 1.54) is 36.4 Å². The predicted molar refractivity (Wildman–Crippen MR) is 151 cm³/mol. The number of hydrogen-bond acceptors (Lipinski definition) is 13. The van der Waals surface area contributed by atoms with Crippen LogP contribution in [0.4, 0.5) is 0 Å². The Balaban J connectivity index is -0.000000558. The molecule has 0 fully saturated rings. The van der Waals surface area contributed by atoms with Crippen molar-refractivity contribution >= 4 is 20.8 Å². The molecule has 11 N–H and O–H groups in total. The van der Waals surface area contributed by atoms with Gasteiger partial charge < -0.3 is 45.8 Å². The van der Waals surface area contributed by atoms with Crippen molar-refractivity contribution in [1.82, 2.24) is 10.6 Å². The zero-order valence-corrected chi connectivity index (χ0v) is 29.7. The summed E-state index contributed by atoms with van der Waals surface area (Å²) in [4.78, 5) is 0. The number of nitrogens with one attached hydrogen (secondary N) is 2. The number of phenols is 4. The number of aromatic hydroxyl groups is 4. The van der Waals surface area contributed by atoms with Crippen LogP contribution in [0.1, 0.15) is 64.9 Å². The van der Waals surface area contributed by atoms with Crippen molar-refractivity contribution in [3.63, 3.8) is 0 Å². The molecule has 2 aromatic rings. The molecule has 16 nitrogen and oxygen atoms in total. The number of benzene rings is 2. The number of β-amino-alcohol motifs (C(OH)–C–C–N with tert-alkyl or cyclic N) is 2. The first-order valence-corrected chi connectivity index (χ1v) is 14.6. The van der Waals surface area contributed by atoms with Gasteiger partial charge >= 0.3 is 61.8 Å². The SMILES string of the molecule is CC(C)(C)NCC(O)c1cc(O)cc(O)c1.CC(C)(C)NCC(O)c1cc(O)cc(O)c1.O=S(=O)(O)O.O=S(=O)([O-])O.[K+]. The molecule has 2 atom stereocenters. The molecule has 43 heavy (non-hydrogen) atoms. The Bertz CT molecular complexity index is 1150. The van der Waals surface area contributed by atoms with Crippen LogP contribution in [0.5, 0.6) is 23.0 Å². The van der Waals surface area contributed by atoms with E-state index in [0.29, 0.717) is 24.2 Å². The average Bonchev–Trinajstić information content (AvgIpc) is 2.71. The fourth-order valence-corrected chi connectivity index (χ4v) is 2.66. The molecule has 0 amide bonds. The Morgan fingerprint density at radius 2 is 0.814 bits per heavy atom. The summed E-state index contributed by atoms with van der Waals surface area (Å²) in [7, 11) is -9.58. The van der Waals surface area contributed by atoms with Crippen LogP contribution >= 0.6 is 0 Å². The molecule has 0 saturated heterocycles. The zero-order chi connectivity index (χ0) is 33.7. The first-order valence-electron chi connectivity index (χ1n) is 11.9. The van der Waals surface area contributed by atoms with Gasteiger partial charge in [0, 0.05) is 36.3 Å². The molecule has 0 aliphatic rings. The Kier molecular flexibility index (Phi) is 21.6. The van der Waals surface area contributed by atoms with Gasteiger partial charge in [0.05, 0.1) is 12.2 Å². The Morgan fingerprint density at radius 3 is 0.977 bits per heavy atom. The number of hydrogen-bond donors (Lipinski definition) is 11. The minimum Gasteiger partial charge on any atom is -0.726 e. The summed E-state index contributed by atoms with van der Waals surface area (Å²) < 4.78 is 64.4.